The van der Waals surface area contributed by atoms with E-state index in [4.69, 9.17) is 10.8 Å². The predicted octanol–water partition coefficient (Wildman–Crippen LogP) is 2.36. The molecule has 132 valence electrons. The minimum absolute atomic E-state index is 0.0400. The molecule has 1 aliphatic heterocycles. The molecule has 25 heavy (non-hydrogen) atoms. The van der Waals surface area contributed by atoms with E-state index in [1.807, 2.05) is 17.0 Å². The van der Waals surface area contributed by atoms with Gasteiger partial charge in [-0.25, -0.2) is 0 Å². The summed E-state index contributed by atoms with van der Waals surface area (Å²) in [5.74, 6) is 0.330. The van der Waals surface area contributed by atoms with Crippen molar-refractivity contribution in [1.82, 2.24) is 4.90 Å². The zero-order valence-corrected chi connectivity index (χ0v) is 14.2. The SMILES string of the molecule is NCc1cccc(C2CCN(C(=O)c3ccc(CO)c(O)c3)CC2)c1. The number of benzene rings is 2. The fourth-order valence-electron chi connectivity index (χ4n) is 3.40. The average Bonchev–Trinajstić information content (AvgIpc) is 2.67. The molecular formula is C20H24N2O3. The second-order valence-corrected chi connectivity index (χ2v) is 6.52. The highest BCUT2D eigenvalue weighted by molar-refractivity contribution is 5.94. The van der Waals surface area contributed by atoms with Crippen molar-refractivity contribution in [2.45, 2.75) is 31.9 Å². The number of carbonyl (C=O) groups is 1. The van der Waals surface area contributed by atoms with Crippen LogP contribution in [0.15, 0.2) is 42.5 Å². The Morgan fingerprint density at radius 2 is 1.92 bits per heavy atom. The standard InChI is InChI=1S/C20H24N2O3/c21-12-14-2-1-3-16(10-14)15-6-8-22(9-7-15)20(25)17-4-5-18(13-23)19(24)11-17/h1-5,10-11,15,23-24H,6-9,12-13,21H2. The van der Waals surface area contributed by atoms with Crippen LogP contribution in [0.25, 0.3) is 0 Å². The van der Waals surface area contributed by atoms with Crippen molar-refractivity contribution in [1.29, 1.82) is 0 Å². The number of likely N-dealkylation sites (tertiary alicyclic amines) is 1. The number of amides is 1. The van der Waals surface area contributed by atoms with E-state index in [2.05, 4.69) is 12.1 Å². The number of hydrogen-bond acceptors (Lipinski definition) is 4. The Balaban J connectivity index is 1.65. The molecule has 0 aromatic heterocycles. The lowest BCUT2D eigenvalue weighted by Gasteiger charge is -2.32. The number of rotatable bonds is 4. The molecule has 2 aromatic rings. The smallest absolute Gasteiger partial charge is 0.253 e. The lowest BCUT2D eigenvalue weighted by molar-refractivity contribution is 0.0712. The highest BCUT2D eigenvalue weighted by Gasteiger charge is 2.25. The summed E-state index contributed by atoms with van der Waals surface area (Å²) >= 11 is 0. The Kier molecular flexibility index (Phi) is 5.36. The van der Waals surface area contributed by atoms with Gasteiger partial charge in [-0.05, 0) is 42.0 Å². The molecule has 0 unspecified atom stereocenters. The number of aliphatic hydroxyl groups is 1. The van der Waals surface area contributed by atoms with E-state index in [-0.39, 0.29) is 18.3 Å². The van der Waals surface area contributed by atoms with Crippen LogP contribution in [0, 0.1) is 0 Å². The van der Waals surface area contributed by atoms with E-state index in [1.165, 1.54) is 11.6 Å². The minimum atomic E-state index is -0.242. The van der Waals surface area contributed by atoms with Gasteiger partial charge < -0.3 is 20.8 Å². The molecule has 4 N–H and O–H groups in total. The molecule has 1 fully saturated rings. The lowest BCUT2D eigenvalue weighted by atomic mass is 9.88. The van der Waals surface area contributed by atoms with Crippen molar-refractivity contribution < 1.29 is 15.0 Å². The van der Waals surface area contributed by atoms with Gasteiger partial charge in [-0.2, -0.15) is 0 Å². The van der Waals surface area contributed by atoms with Gasteiger partial charge in [0, 0.05) is 30.8 Å². The third kappa shape index (κ3) is 3.83. The molecule has 1 amide bonds. The molecule has 0 radical (unpaired) electrons. The summed E-state index contributed by atoms with van der Waals surface area (Å²) in [5, 5.41) is 18.9. The molecule has 1 heterocycles. The summed E-state index contributed by atoms with van der Waals surface area (Å²) in [5.41, 5.74) is 9.03. The second-order valence-electron chi connectivity index (χ2n) is 6.52. The van der Waals surface area contributed by atoms with Crippen LogP contribution in [0.5, 0.6) is 5.75 Å². The molecule has 3 rings (SSSR count). The Hall–Kier alpha value is -2.37. The summed E-state index contributed by atoms with van der Waals surface area (Å²) in [4.78, 5) is 14.5. The first-order valence-corrected chi connectivity index (χ1v) is 8.63. The zero-order valence-electron chi connectivity index (χ0n) is 14.2. The predicted molar refractivity (Wildman–Crippen MR) is 96.2 cm³/mol. The van der Waals surface area contributed by atoms with Crippen LogP contribution in [0.4, 0.5) is 0 Å². The normalized spacial score (nSPS) is 15.4. The highest BCUT2D eigenvalue weighted by Crippen LogP contribution is 2.29. The molecule has 0 atom stereocenters. The lowest BCUT2D eigenvalue weighted by Crippen LogP contribution is -2.37. The number of nitrogens with two attached hydrogens (primary N) is 1. The van der Waals surface area contributed by atoms with Crippen LogP contribution in [0.3, 0.4) is 0 Å². The van der Waals surface area contributed by atoms with Gasteiger partial charge in [-0.15, -0.1) is 0 Å². The maximum atomic E-state index is 12.6. The molecule has 5 nitrogen and oxygen atoms in total. The van der Waals surface area contributed by atoms with Crippen LogP contribution in [-0.4, -0.2) is 34.1 Å². The van der Waals surface area contributed by atoms with Crippen molar-refractivity contribution in [3.63, 3.8) is 0 Å². The van der Waals surface area contributed by atoms with Crippen LogP contribution < -0.4 is 5.73 Å². The maximum Gasteiger partial charge on any atom is 0.253 e. The number of aromatic hydroxyl groups is 1. The highest BCUT2D eigenvalue weighted by atomic mass is 16.3. The number of hydrogen-bond donors (Lipinski definition) is 3. The first-order chi connectivity index (χ1) is 12.1. The minimum Gasteiger partial charge on any atom is -0.508 e. The number of nitrogens with zero attached hydrogens (tertiary/aromatic N) is 1. The average molecular weight is 340 g/mol. The van der Waals surface area contributed by atoms with Crippen molar-refractivity contribution in [2.75, 3.05) is 13.1 Å². The van der Waals surface area contributed by atoms with Gasteiger partial charge in [0.1, 0.15) is 5.75 Å². The molecular weight excluding hydrogens is 316 g/mol. The third-order valence-corrected chi connectivity index (χ3v) is 4.94. The van der Waals surface area contributed by atoms with Gasteiger partial charge in [0.15, 0.2) is 0 Å². The Labute approximate surface area is 147 Å². The van der Waals surface area contributed by atoms with Crippen LogP contribution >= 0.6 is 0 Å². The zero-order chi connectivity index (χ0) is 17.8. The van der Waals surface area contributed by atoms with E-state index in [1.54, 1.807) is 12.1 Å². The summed E-state index contributed by atoms with van der Waals surface area (Å²) in [6.45, 7) is 1.68. The van der Waals surface area contributed by atoms with Crippen LogP contribution in [-0.2, 0) is 13.2 Å². The molecule has 0 bridgehead atoms. The summed E-state index contributed by atoms with van der Waals surface area (Å²) in [6.07, 6.45) is 1.83. The first-order valence-electron chi connectivity index (χ1n) is 8.63. The number of piperidine rings is 1. The van der Waals surface area contributed by atoms with E-state index in [0.717, 1.165) is 18.4 Å². The monoisotopic (exact) mass is 340 g/mol. The third-order valence-electron chi connectivity index (χ3n) is 4.94. The molecule has 5 heteroatoms. The van der Waals surface area contributed by atoms with Gasteiger partial charge in [0.25, 0.3) is 5.91 Å². The topological polar surface area (TPSA) is 86.8 Å². The van der Waals surface area contributed by atoms with Gasteiger partial charge in [-0.1, -0.05) is 30.3 Å². The molecule has 0 spiro atoms. The number of phenols is 1. The molecule has 1 saturated heterocycles. The quantitative estimate of drug-likeness (QED) is 0.797. The van der Waals surface area contributed by atoms with Gasteiger partial charge in [0.05, 0.1) is 6.61 Å². The number of aliphatic hydroxyl groups excluding tert-OH is 1. The Bertz CT molecular complexity index is 752. The second kappa shape index (κ2) is 7.68. The van der Waals surface area contributed by atoms with Crippen molar-refractivity contribution in [2.24, 2.45) is 5.73 Å². The summed E-state index contributed by atoms with van der Waals surface area (Å²) in [6, 6.07) is 13.1. The van der Waals surface area contributed by atoms with E-state index < -0.39 is 0 Å². The number of carbonyl (C=O) groups excluding carboxylic acids is 1. The molecule has 2 aromatic carbocycles. The maximum absolute atomic E-state index is 12.6. The van der Waals surface area contributed by atoms with Gasteiger partial charge in [0.2, 0.25) is 0 Å². The Morgan fingerprint density at radius 3 is 2.56 bits per heavy atom. The molecule has 0 aliphatic carbocycles. The summed E-state index contributed by atoms with van der Waals surface area (Å²) in [7, 11) is 0. The van der Waals surface area contributed by atoms with Gasteiger partial charge >= 0.3 is 0 Å². The van der Waals surface area contributed by atoms with Crippen LogP contribution in [0.1, 0.15) is 45.8 Å². The van der Waals surface area contributed by atoms with E-state index >= 15 is 0 Å². The van der Waals surface area contributed by atoms with E-state index in [9.17, 15) is 9.90 Å². The molecule has 0 saturated carbocycles. The first kappa shape index (κ1) is 17.5. The molecule has 1 aliphatic rings. The van der Waals surface area contributed by atoms with Crippen molar-refractivity contribution >= 4 is 5.91 Å². The fraction of sp³-hybridized carbons (Fsp3) is 0.350. The summed E-state index contributed by atoms with van der Waals surface area (Å²) < 4.78 is 0. The fourth-order valence-corrected chi connectivity index (χ4v) is 3.40. The largest absolute Gasteiger partial charge is 0.508 e. The van der Waals surface area contributed by atoms with Gasteiger partial charge in [-0.3, -0.25) is 4.79 Å². The van der Waals surface area contributed by atoms with E-state index in [0.29, 0.717) is 36.7 Å². The Morgan fingerprint density at radius 1 is 1.16 bits per heavy atom. The van der Waals surface area contributed by atoms with Crippen molar-refractivity contribution in [3.8, 4) is 5.75 Å². The van der Waals surface area contributed by atoms with Crippen LogP contribution in [0.2, 0.25) is 0 Å². The van der Waals surface area contributed by atoms with Crippen molar-refractivity contribution in [3.05, 3.63) is 64.7 Å².